The Hall–Kier alpha value is -1.27. The van der Waals surface area contributed by atoms with Crippen molar-refractivity contribution in [2.24, 2.45) is 5.41 Å². The highest BCUT2D eigenvalue weighted by Gasteiger charge is 2.48. The highest BCUT2D eigenvalue weighted by Crippen LogP contribution is 2.28. The summed E-state index contributed by atoms with van der Waals surface area (Å²) in [6.45, 7) is 5.52. The molecule has 0 saturated carbocycles. The third-order valence-electron chi connectivity index (χ3n) is 3.27. The van der Waals surface area contributed by atoms with Crippen molar-refractivity contribution in [3.8, 4) is 0 Å². The number of hydrogen-bond acceptors (Lipinski definition) is 2. The second-order valence-electron chi connectivity index (χ2n) is 6.19. The van der Waals surface area contributed by atoms with E-state index in [1.807, 2.05) is 0 Å². The molecule has 20 heavy (non-hydrogen) atoms. The maximum Gasteiger partial charge on any atom is 0.406 e. The highest BCUT2D eigenvalue weighted by atomic mass is 19.4. The molecule has 0 aliphatic carbocycles. The third kappa shape index (κ3) is 3.86. The molecule has 0 bridgehead atoms. The first-order chi connectivity index (χ1) is 8.97. The average Bonchev–Trinajstić information content (AvgIpc) is 2.25. The lowest BCUT2D eigenvalue weighted by Gasteiger charge is -2.43. The Morgan fingerprint density at radius 3 is 2.15 bits per heavy atom. The van der Waals surface area contributed by atoms with Crippen LogP contribution in [0.5, 0.6) is 0 Å². The van der Waals surface area contributed by atoms with Crippen LogP contribution in [0.25, 0.3) is 0 Å². The summed E-state index contributed by atoms with van der Waals surface area (Å²) in [6, 6.07) is -1.96. The normalized spacial score (nSPS) is 24.9. The predicted molar refractivity (Wildman–Crippen MR) is 67.8 cm³/mol. The number of rotatable bonds is 3. The van der Waals surface area contributed by atoms with E-state index in [-0.39, 0.29) is 6.42 Å². The molecule has 1 rings (SSSR count). The Morgan fingerprint density at radius 2 is 1.75 bits per heavy atom. The molecular formula is C13H21F3N2O2. The first-order valence-corrected chi connectivity index (χ1v) is 6.65. The zero-order valence-corrected chi connectivity index (χ0v) is 12.2. The SMILES string of the molecule is CCCC1C(=O)NC(C(C)(C)C)C(=O)N1CC(F)(F)F. The van der Waals surface area contributed by atoms with Crippen LogP contribution in [0.1, 0.15) is 40.5 Å². The standard InChI is InChI=1S/C13H21F3N2O2/c1-5-6-8-10(19)17-9(12(2,3)4)11(20)18(8)7-13(14,15)16/h8-9H,5-7H2,1-4H3,(H,17,19). The van der Waals surface area contributed by atoms with E-state index >= 15 is 0 Å². The molecule has 1 saturated heterocycles. The van der Waals surface area contributed by atoms with Gasteiger partial charge >= 0.3 is 6.18 Å². The molecule has 2 amide bonds. The minimum absolute atomic E-state index is 0.227. The molecule has 2 atom stereocenters. The predicted octanol–water partition coefficient (Wildman–Crippen LogP) is 2.09. The van der Waals surface area contributed by atoms with Gasteiger partial charge in [0.05, 0.1) is 0 Å². The molecule has 0 aromatic carbocycles. The van der Waals surface area contributed by atoms with E-state index in [0.717, 1.165) is 0 Å². The summed E-state index contributed by atoms with van der Waals surface area (Å²) in [4.78, 5) is 25.0. The molecule has 1 heterocycles. The van der Waals surface area contributed by atoms with E-state index in [4.69, 9.17) is 0 Å². The molecule has 0 radical (unpaired) electrons. The van der Waals surface area contributed by atoms with Crippen molar-refractivity contribution in [1.29, 1.82) is 0 Å². The fraction of sp³-hybridized carbons (Fsp3) is 0.846. The van der Waals surface area contributed by atoms with Crippen molar-refractivity contribution in [3.05, 3.63) is 0 Å². The van der Waals surface area contributed by atoms with E-state index in [9.17, 15) is 22.8 Å². The van der Waals surface area contributed by atoms with Crippen LogP contribution in [0.4, 0.5) is 13.2 Å². The molecule has 0 aromatic heterocycles. The molecule has 0 spiro atoms. The zero-order chi connectivity index (χ0) is 15.7. The van der Waals surface area contributed by atoms with Crippen molar-refractivity contribution in [1.82, 2.24) is 10.2 Å². The van der Waals surface area contributed by atoms with Crippen LogP contribution in [0.3, 0.4) is 0 Å². The molecule has 116 valence electrons. The zero-order valence-electron chi connectivity index (χ0n) is 12.2. The van der Waals surface area contributed by atoms with Crippen LogP contribution in [0, 0.1) is 5.41 Å². The lowest BCUT2D eigenvalue weighted by Crippen LogP contribution is -2.67. The van der Waals surface area contributed by atoms with Crippen molar-refractivity contribution in [3.63, 3.8) is 0 Å². The molecule has 1 aliphatic heterocycles. The third-order valence-corrected chi connectivity index (χ3v) is 3.27. The van der Waals surface area contributed by atoms with Gasteiger partial charge in [-0.05, 0) is 11.8 Å². The Morgan fingerprint density at radius 1 is 1.20 bits per heavy atom. The lowest BCUT2D eigenvalue weighted by atomic mass is 9.83. The summed E-state index contributed by atoms with van der Waals surface area (Å²) in [7, 11) is 0. The van der Waals surface area contributed by atoms with Gasteiger partial charge < -0.3 is 10.2 Å². The van der Waals surface area contributed by atoms with Crippen LogP contribution in [-0.4, -0.2) is 41.5 Å². The number of hydrogen-bond donors (Lipinski definition) is 1. The molecule has 7 heteroatoms. The fourth-order valence-corrected chi connectivity index (χ4v) is 2.29. The van der Waals surface area contributed by atoms with Crippen molar-refractivity contribution >= 4 is 11.8 Å². The van der Waals surface area contributed by atoms with Crippen molar-refractivity contribution in [2.45, 2.75) is 58.8 Å². The Balaban J connectivity index is 3.07. The lowest BCUT2D eigenvalue weighted by molar-refractivity contribution is -0.176. The monoisotopic (exact) mass is 294 g/mol. The first-order valence-electron chi connectivity index (χ1n) is 6.65. The number of carbonyl (C=O) groups is 2. The van der Waals surface area contributed by atoms with Crippen molar-refractivity contribution < 1.29 is 22.8 Å². The van der Waals surface area contributed by atoms with Crippen LogP contribution >= 0.6 is 0 Å². The van der Waals surface area contributed by atoms with Gasteiger partial charge in [-0.25, -0.2) is 0 Å². The van der Waals surface area contributed by atoms with E-state index in [1.54, 1.807) is 27.7 Å². The number of nitrogens with zero attached hydrogens (tertiary/aromatic N) is 1. The molecule has 2 unspecified atom stereocenters. The van der Waals surface area contributed by atoms with Gasteiger partial charge in [-0.15, -0.1) is 0 Å². The average molecular weight is 294 g/mol. The van der Waals surface area contributed by atoms with E-state index in [0.29, 0.717) is 11.3 Å². The van der Waals surface area contributed by atoms with E-state index in [2.05, 4.69) is 5.32 Å². The number of piperazine rings is 1. The summed E-state index contributed by atoms with van der Waals surface area (Å²) >= 11 is 0. The van der Waals surface area contributed by atoms with Crippen LogP contribution in [-0.2, 0) is 9.59 Å². The van der Waals surface area contributed by atoms with Gasteiger partial charge in [-0.3, -0.25) is 9.59 Å². The summed E-state index contributed by atoms with van der Waals surface area (Å²) in [6.07, 6.45) is -3.76. The Bertz CT molecular complexity index is 388. The maximum absolute atomic E-state index is 12.7. The van der Waals surface area contributed by atoms with Gasteiger partial charge in [0.1, 0.15) is 18.6 Å². The van der Waals surface area contributed by atoms with Gasteiger partial charge in [0.15, 0.2) is 0 Å². The van der Waals surface area contributed by atoms with Crippen LogP contribution in [0.15, 0.2) is 0 Å². The van der Waals surface area contributed by atoms with Crippen LogP contribution < -0.4 is 5.32 Å². The van der Waals surface area contributed by atoms with Gasteiger partial charge in [-0.1, -0.05) is 34.1 Å². The summed E-state index contributed by atoms with van der Waals surface area (Å²) in [5, 5.41) is 2.56. The second kappa shape index (κ2) is 5.61. The molecule has 1 N–H and O–H groups in total. The topological polar surface area (TPSA) is 49.4 Å². The van der Waals surface area contributed by atoms with Crippen LogP contribution in [0.2, 0.25) is 0 Å². The summed E-state index contributed by atoms with van der Waals surface area (Å²) in [5.74, 6) is -1.16. The van der Waals surface area contributed by atoms with E-state index in [1.165, 1.54) is 0 Å². The Labute approximate surface area is 116 Å². The molecule has 0 aromatic rings. The number of amides is 2. The first kappa shape index (κ1) is 16.8. The largest absolute Gasteiger partial charge is 0.406 e. The number of carbonyl (C=O) groups excluding carboxylic acids is 2. The summed E-state index contributed by atoms with van der Waals surface area (Å²) < 4.78 is 38.0. The Kier molecular flexibility index (Phi) is 4.71. The second-order valence-corrected chi connectivity index (χ2v) is 6.19. The maximum atomic E-state index is 12.7. The molecular weight excluding hydrogens is 273 g/mol. The summed E-state index contributed by atoms with van der Waals surface area (Å²) in [5.41, 5.74) is -0.631. The molecule has 1 fully saturated rings. The van der Waals surface area contributed by atoms with Gasteiger partial charge in [0, 0.05) is 0 Å². The van der Waals surface area contributed by atoms with Gasteiger partial charge in [0.25, 0.3) is 0 Å². The number of alkyl halides is 3. The van der Waals surface area contributed by atoms with Crippen molar-refractivity contribution in [2.75, 3.05) is 6.54 Å². The number of nitrogens with one attached hydrogen (secondary N) is 1. The number of halogens is 3. The minimum atomic E-state index is -4.51. The van der Waals surface area contributed by atoms with Gasteiger partial charge in [-0.2, -0.15) is 13.2 Å². The quantitative estimate of drug-likeness (QED) is 0.866. The smallest absolute Gasteiger partial charge is 0.342 e. The molecule has 1 aliphatic rings. The minimum Gasteiger partial charge on any atom is -0.342 e. The van der Waals surface area contributed by atoms with E-state index < -0.39 is 42.0 Å². The van der Waals surface area contributed by atoms with Gasteiger partial charge in [0.2, 0.25) is 11.8 Å². The highest BCUT2D eigenvalue weighted by molar-refractivity contribution is 5.97. The molecule has 4 nitrogen and oxygen atoms in total. The fourth-order valence-electron chi connectivity index (χ4n) is 2.29.